The predicted molar refractivity (Wildman–Crippen MR) is 92.1 cm³/mol. The first-order valence-corrected chi connectivity index (χ1v) is 9.62. The van der Waals surface area contributed by atoms with Gasteiger partial charge in [-0.15, -0.1) is 0 Å². The number of nitrogens with one attached hydrogen (secondary N) is 1. The first-order valence-electron chi connectivity index (χ1n) is 7.80. The molecule has 0 amide bonds. The molecule has 7 nitrogen and oxygen atoms in total. The highest BCUT2D eigenvalue weighted by atomic mass is 35.5. The van der Waals surface area contributed by atoms with Crippen LogP contribution in [0.25, 0.3) is 0 Å². The van der Waals surface area contributed by atoms with Crippen LogP contribution in [0.4, 0.5) is 0 Å². The molecule has 25 heavy (non-hydrogen) atoms. The van der Waals surface area contributed by atoms with E-state index in [0.29, 0.717) is 13.1 Å². The number of esters is 1. The minimum Gasteiger partial charge on any atom is -0.465 e. The van der Waals surface area contributed by atoms with Crippen LogP contribution < -0.4 is 0 Å². The highest BCUT2D eigenvalue weighted by Crippen LogP contribution is 2.32. The summed E-state index contributed by atoms with van der Waals surface area (Å²) in [7, 11) is -2.58. The summed E-state index contributed by atoms with van der Waals surface area (Å²) in [5.74, 6) is -0.560. The van der Waals surface area contributed by atoms with Crippen molar-refractivity contribution in [2.24, 2.45) is 0 Å². The Balaban J connectivity index is 1.92. The Morgan fingerprint density at radius 2 is 2.20 bits per heavy atom. The van der Waals surface area contributed by atoms with Crippen molar-refractivity contribution in [3.8, 4) is 0 Å². The van der Waals surface area contributed by atoms with E-state index in [4.69, 9.17) is 11.6 Å². The standard InChI is InChI=1S/C16H18ClN3O4S/c1-24-16(21)11-4-5-13(17)15(9-11)25(22,23)20-8-2-3-12(10-20)14-6-7-18-19-14/h4-7,9,12H,2-3,8,10H2,1H3,(H,18,19). The Labute approximate surface area is 151 Å². The van der Waals surface area contributed by atoms with Gasteiger partial charge in [0.1, 0.15) is 4.90 Å². The van der Waals surface area contributed by atoms with Gasteiger partial charge in [-0.05, 0) is 37.1 Å². The van der Waals surface area contributed by atoms with Crippen molar-refractivity contribution in [2.45, 2.75) is 23.7 Å². The van der Waals surface area contributed by atoms with Gasteiger partial charge in [0.25, 0.3) is 0 Å². The van der Waals surface area contributed by atoms with Gasteiger partial charge in [-0.25, -0.2) is 13.2 Å². The van der Waals surface area contributed by atoms with E-state index >= 15 is 0 Å². The third kappa shape index (κ3) is 3.56. The fraction of sp³-hybridized carbons (Fsp3) is 0.375. The number of hydrogen-bond donors (Lipinski definition) is 1. The molecule has 1 N–H and O–H groups in total. The van der Waals surface area contributed by atoms with Gasteiger partial charge in [-0.3, -0.25) is 5.10 Å². The van der Waals surface area contributed by atoms with Crippen LogP contribution in [0.1, 0.15) is 34.8 Å². The zero-order valence-corrected chi connectivity index (χ0v) is 15.2. The fourth-order valence-electron chi connectivity index (χ4n) is 2.99. The first kappa shape index (κ1) is 17.9. The lowest BCUT2D eigenvalue weighted by molar-refractivity contribution is 0.0600. The fourth-order valence-corrected chi connectivity index (χ4v) is 5.02. The average Bonchev–Trinajstić information content (AvgIpc) is 3.16. The van der Waals surface area contributed by atoms with E-state index < -0.39 is 16.0 Å². The second kappa shape index (κ2) is 7.15. The van der Waals surface area contributed by atoms with Crippen molar-refractivity contribution in [3.05, 3.63) is 46.7 Å². The smallest absolute Gasteiger partial charge is 0.337 e. The van der Waals surface area contributed by atoms with Crippen LogP contribution in [0.15, 0.2) is 35.4 Å². The number of benzene rings is 1. The van der Waals surface area contributed by atoms with Crippen LogP contribution in [0, 0.1) is 0 Å². The number of carbonyl (C=O) groups is 1. The monoisotopic (exact) mass is 383 g/mol. The number of halogens is 1. The zero-order chi connectivity index (χ0) is 18.0. The summed E-state index contributed by atoms with van der Waals surface area (Å²) < 4.78 is 32.2. The molecule has 1 aliphatic rings. The van der Waals surface area contributed by atoms with Crippen molar-refractivity contribution >= 4 is 27.6 Å². The molecule has 0 spiro atoms. The molecule has 0 radical (unpaired) electrons. The van der Waals surface area contributed by atoms with E-state index in [0.717, 1.165) is 18.5 Å². The molecule has 1 aromatic carbocycles. The maximum atomic E-state index is 13.0. The Kier molecular flexibility index (Phi) is 5.12. The van der Waals surface area contributed by atoms with E-state index in [1.807, 2.05) is 6.07 Å². The summed E-state index contributed by atoms with van der Waals surface area (Å²) in [6.45, 7) is 0.745. The summed E-state index contributed by atoms with van der Waals surface area (Å²) >= 11 is 6.11. The Morgan fingerprint density at radius 3 is 2.88 bits per heavy atom. The molecule has 1 unspecified atom stereocenters. The van der Waals surface area contributed by atoms with Crippen LogP contribution in [-0.4, -0.2) is 49.1 Å². The zero-order valence-electron chi connectivity index (χ0n) is 13.6. The molecule has 2 heterocycles. The molecule has 0 aliphatic carbocycles. The lowest BCUT2D eigenvalue weighted by Crippen LogP contribution is -2.39. The third-order valence-corrected chi connectivity index (χ3v) is 6.66. The molecule has 3 rings (SSSR count). The summed E-state index contributed by atoms with van der Waals surface area (Å²) in [5, 5.41) is 6.91. The van der Waals surface area contributed by atoms with Gasteiger partial charge in [0.15, 0.2) is 0 Å². The molecule has 0 bridgehead atoms. The quantitative estimate of drug-likeness (QED) is 0.818. The van der Waals surface area contributed by atoms with E-state index in [1.54, 1.807) is 6.20 Å². The summed E-state index contributed by atoms with van der Waals surface area (Å²) in [5.41, 5.74) is 1.06. The maximum absolute atomic E-state index is 13.0. The summed E-state index contributed by atoms with van der Waals surface area (Å²) in [4.78, 5) is 11.6. The molecule has 1 aliphatic heterocycles. The van der Waals surface area contributed by atoms with Crippen LogP contribution in [0.5, 0.6) is 0 Å². The van der Waals surface area contributed by atoms with Gasteiger partial charge >= 0.3 is 5.97 Å². The highest BCUT2D eigenvalue weighted by Gasteiger charge is 2.33. The number of piperidine rings is 1. The van der Waals surface area contributed by atoms with Gasteiger partial charge in [-0.1, -0.05) is 11.6 Å². The van der Waals surface area contributed by atoms with Crippen LogP contribution in [-0.2, 0) is 14.8 Å². The van der Waals surface area contributed by atoms with Crippen molar-refractivity contribution in [1.82, 2.24) is 14.5 Å². The number of sulfonamides is 1. The molecule has 1 fully saturated rings. The molecule has 0 saturated carbocycles. The van der Waals surface area contributed by atoms with Gasteiger partial charge in [0, 0.05) is 30.9 Å². The topological polar surface area (TPSA) is 92.4 Å². The van der Waals surface area contributed by atoms with E-state index in [-0.39, 0.29) is 21.4 Å². The lowest BCUT2D eigenvalue weighted by Gasteiger charge is -2.31. The van der Waals surface area contributed by atoms with Crippen LogP contribution >= 0.6 is 11.6 Å². The summed E-state index contributed by atoms with van der Waals surface area (Å²) in [6.07, 6.45) is 3.26. The molecule has 2 aromatic rings. The van der Waals surface area contributed by atoms with E-state index in [9.17, 15) is 13.2 Å². The van der Waals surface area contributed by atoms with Crippen molar-refractivity contribution in [3.63, 3.8) is 0 Å². The van der Waals surface area contributed by atoms with Crippen molar-refractivity contribution in [2.75, 3.05) is 20.2 Å². The second-order valence-electron chi connectivity index (χ2n) is 5.85. The largest absolute Gasteiger partial charge is 0.465 e. The normalized spacial score (nSPS) is 18.9. The Bertz CT molecular complexity index is 868. The number of rotatable bonds is 4. The number of methoxy groups -OCH3 is 1. The van der Waals surface area contributed by atoms with Crippen molar-refractivity contribution < 1.29 is 17.9 Å². The maximum Gasteiger partial charge on any atom is 0.337 e. The molecular formula is C16H18ClN3O4S. The molecule has 1 saturated heterocycles. The molecule has 1 atom stereocenters. The van der Waals surface area contributed by atoms with Gasteiger partial charge in [0.2, 0.25) is 10.0 Å². The Hall–Kier alpha value is -1.90. The third-order valence-electron chi connectivity index (χ3n) is 4.32. The molecule has 134 valence electrons. The summed E-state index contributed by atoms with van der Waals surface area (Å²) in [6, 6.07) is 5.96. The molecular weight excluding hydrogens is 366 g/mol. The Morgan fingerprint density at radius 1 is 1.40 bits per heavy atom. The van der Waals surface area contributed by atoms with Gasteiger partial charge < -0.3 is 4.74 Å². The van der Waals surface area contributed by atoms with Gasteiger partial charge in [-0.2, -0.15) is 9.40 Å². The van der Waals surface area contributed by atoms with Crippen molar-refractivity contribution in [1.29, 1.82) is 0 Å². The number of aromatic nitrogens is 2. The molecule has 9 heteroatoms. The minimum atomic E-state index is -3.82. The van der Waals surface area contributed by atoms with Gasteiger partial charge in [0.05, 0.1) is 17.7 Å². The van der Waals surface area contributed by atoms with E-state index in [2.05, 4.69) is 14.9 Å². The number of carbonyl (C=O) groups excluding carboxylic acids is 1. The lowest BCUT2D eigenvalue weighted by atomic mass is 9.96. The predicted octanol–water partition coefficient (Wildman–Crippen LogP) is 2.42. The second-order valence-corrected chi connectivity index (χ2v) is 8.16. The van der Waals surface area contributed by atoms with Crippen LogP contribution in [0.2, 0.25) is 5.02 Å². The number of nitrogens with zero attached hydrogens (tertiary/aromatic N) is 2. The number of hydrogen-bond acceptors (Lipinski definition) is 5. The first-order chi connectivity index (χ1) is 11.9. The number of aromatic amines is 1. The van der Waals surface area contributed by atoms with Crippen LogP contribution in [0.3, 0.4) is 0 Å². The molecule has 1 aromatic heterocycles. The highest BCUT2D eigenvalue weighted by molar-refractivity contribution is 7.89. The minimum absolute atomic E-state index is 0.0496. The SMILES string of the molecule is COC(=O)c1ccc(Cl)c(S(=O)(=O)N2CCCC(c3ccn[nH]3)C2)c1. The number of H-pyrrole nitrogens is 1. The average molecular weight is 384 g/mol. The number of ether oxygens (including phenoxy) is 1. The van der Waals surface area contributed by atoms with E-state index in [1.165, 1.54) is 29.6 Å².